The van der Waals surface area contributed by atoms with E-state index < -0.39 is 11.5 Å². The van der Waals surface area contributed by atoms with E-state index in [9.17, 15) is 14.7 Å². The third-order valence-electron chi connectivity index (χ3n) is 5.20. The third kappa shape index (κ3) is 5.99. The zero-order valence-electron chi connectivity index (χ0n) is 18.9. The number of aliphatic imine (C=N–C) groups is 1. The van der Waals surface area contributed by atoms with Crippen molar-refractivity contribution in [3.05, 3.63) is 122 Å². The fourth-order valence-electron chi connectivity index (χ4n) is 3.29. The molecule has 0 saturated carbocycles. The van der Waals surface area contributed by atoms with Gasteiger partial charge >= 0.3 is 5.56 Å². The first kappa shape index (κ1) is 23.8. The van der Waals surface area contributed by atoms with Crippen LogP contribution in [0.4, 0.5) is 0 Å². The van der Waals surface area contributed by atoms with Gasteiger partial charge in [0.25, 0.3) is 5.69 Å². The lowest BCUT2D eigenvalue weighted by atomic mass is 10.1. The predicted molar refractivity (Wildman–Crippen MR) is 132 cm³/mol. The maximum atomic E-state index is 13.1. The fourth-order valence-corrected chi connectivity index (χ4v) is 3.42. The van der Waals surface area contributed by atoms with Crippen LogP contribution in [0.1, 0.15) is 32.7 Å². The van der Waals surface area contributed by atoms with E-state index in [0.29, 0.717) is 10.6 Å². The number of nitrogens with one attached hydrogen (secondary N) is 1. The van der Waals surface area contributed by atoms with Crippen LogP contribution in [-0.2, 0) is 13.1 Å². The molecular weight excluding hydrogens is 466 g/mol. The number of hydrogen-bond acceptors (Lipinski definition) is 5. The lowest BCUT2D eigenvalue weighted by Crippen LogP contribution is -2.49. The summed E-state index contributed by atoms with van der Waals surface area (Å²) in [6.07, 6.45) is 1.48. The van der Waals surface area contributed by atoms with Crippen molar-refractivity contribution in [1.82, 2.24) is 10.0 Å². The Hall–Kier alpha value is -4.30. The van der Waals surface area contributed by atoms with Crippen LogP contribution in [0.3, 0.4) is 0 Å². The van der Waals surface area contributed by atoms with Crippen molar-refractivity contribution in [2.45, 2.75) is 20.0 Å². The molecule has 0 spiro atoms. The van der Waals surface area contributed by atoms with Crippen LogP contribution in [0.2, 0.25) is 5.02 Å². The van der Waals surface area contributed by atoms with Gasteiger partial charge in [0.2, 0.25) is 5.78 Å². The van der Waals surface area contributed by atoms with E-state index in [1.165, 1.54) is 10.9 Å². The molecule has 1 N–H and O–H groups in total. The number of carbonyl (C=O) groups is 1. The molecule has 1 heterocycles. The van der Waals surface area contributed by atoms with Crippen molar-refractivity contribution in [2.24, 2.45) is 10.1 Å². The van der Waals surface area contributed by atoms with Gasteiger partial charge in [0.1, 0.15) is 0 Å². The first-order valence-electron chi connectivity index (χ1n) is 10.8. The average Bonchev–Trinajstić information content (AvgIpc) is 3.17. The summed E-state index contributed by atoms with van der Waals surface area (Å²) in [7, 11) is 0. The van der Waals surface area contributed by atoms with Crippen molar-refractivity contribution in [3.63, 3.8) is 0 Å². The standard InChI is InChI=1S/C26H22ClN5O3/c1-18-7-9-20(10-8-18)16-29-32-26(35)24(25(34)28-15-19-5-3-2-4-6-19)31(30-32)17-23(33)21-11-13-22(27)14-12-21/h2-14,16H,15,17H2,1H3,(H-,28,30,34,35). The zero-order chi connectivity index (χ0) is 24.8. The number of hydrogen-bond donors (Lipinski definition) is 1. The molecule has 0 aliphatic rings. The SMILES string of the molecule is Cc1ccc(C=Nn2[nH][n+](CC(=O)c3ccc(Cl)cc3)c(C([O-])=NCc3ccccc3)c2=O)cc1. The van der Waals surface area contributed by atoms with Gasteiger partial charge in [0, 0.05) is 21.3 Å². The highest BCUT2D eigenvalue weighted by molar-refractivity contribution is 6.30. The number of halogens is 1. The van der Waals surface area contributed by atoms with E-state index in [1.807, 2.05) is 61.5 Å². The summed E-state index contributed by atoms with van der Waals surface area (Å²) in [6.45, 7) is 1.78. The van der Waals surface area contributed by atoms with E-state index in [4.69, 9.17) is 11.6 Å². The molecule has 0 aliphatic carbocycles. The Morgan fingerprint density at radius 2 is 1.74 bits per heavy atom. The van der Waals surface area contributed by atoms with Gasteiger partial charge in [-0.25, -0.2) is 4.79 Å². The number of carbonyl (C=O) groups excluding carboxylic acids is 1. The van der Waals surface area contributed by atoms with E-state index in [0.717, 1.165) is 21.5 Å². The number of aromatic amines is 1. The number of aryl methyl sites for hydroxylation is 1. The van der Waals surface area contributed by atoms with E-state index in [2.05, 4.69) is 15.3 Å². The van der Waals surface area contributed by atoms with Crippen LogP contribution in [0.25, 0.3) is 0 Å². The Morgan fingerprint density at radius 3 is 2.43 bits per heavy atom. The van der Waals surface area contributed by atoms with Gasteiger partial charge < -0.3 is 5.11 Å². The largest absolute Gasteiger partial charge is 0.856 e. The van der Waals surface area contributed by atoms with Crippen LogP contribution >= 0.6 is 11.6 Å². The molecule has 0 atom stereocenters. The molecule has 4 aromatic rings. The molecule has 9 heteroatoms. The molecule has 0 fully saturated rings. The van der Waals surface area contributed by atoms with Crippen molar-refractivity contribution < 1.29 is 14.6 Å². The number of rotatable bonds is 8. The normalized spacial score (nSPS) is 11.8. The molecular formula is C26H22ClN5O3. The predicted octanol–water partition coefficient (Wildman–Crippen LogP) is 2.50. The Morgan fingerprint density at radius 1 is 1.06 bits per heavy atom. The molecule has 3 aromatic carbocycles. The number of aromatic nitrogens is 3. The number of Topliss-reactive ketones (excluding diaryl/α,β-unsaturated/α-hetero) is 1. The maximum Gasteiger partial charge on any atom is 0.427 e. The summed E-state index contributed by atoms with van der Waals surface area (Å²) in [5, 5.41) is 20.3. The minimum atomic E-state index is -0.747. The van der Waals surface area contributed by atoms with Crippen LogP contribution in [0, 0.1) is 6.92 Å². The van der Waals surface area contributed by atoms with Crippen molar-refractivity contribution >= 4 is 29.5 Å². The highest BCUT2D eigenvalue weighted by Gasteiger charge is 2.24. The van der Waals surface area contributed by atoms with Gasteiger partial charge in [-0.15, -0.1) is 4.68 Å². The summed E-state index contributed by atoms with van der Waals surface area (Å²) in [5.41, 5.74) is 2.06. The second kappa shape index (κ2) is 10.8. The monoisotopic (exact) mass is 487 g/mol. The molecule has 4 rings (SSSR count). The summed E-state index contributed by atoms with van der Waals surface area (Å²) in [5.74, 6) is -1.07. The maximum absolute atomic E-state index is 13.1. The van der Waals surface area contributed by atoms with Gasteiger partial charge in [-0.1, -0.05) is 82.1 Å². The lowest BCUT2D eigenvalue weighted by Gasteiger charge is -2.07. The molecule has 0 radical (unpaired) electrons. The molecule has 0 saturated heterocycles. The van der Waals surface area contributed by atoms with Gasteiger partial charge in [-0.2, -0.15) is 0 Å². The van der Waals surface area contributed by atoms with Crippen LogP contribution < -0.4 is 15.3 Å². The van der Waals surface area contributed by atoms with E-state index >= 15 is 0 Å². The third-order valence-corrected chi connectivity index (χ3v) is 5.45. The van der Waals surface area contributed by atoms with Gasteiger partial charge in [0.15, 0.2) is 6.54 Å². The summed E-state index contributed by atoms with van der Waals surface area (Å²) < 4.78 is 1.17. The van der Waals surface area contributed by atoms with E-state index in [-0.39, 0.29) is 24.6 Å². The number of H-pyrrole nitrogens is 1. The van der Waals surface area contributed by atoms with Crippen molar-refractivity contribution in [3.8, 4) is 0 Å². The van der Waals surface area contributed by atoms with Gasteiger partial charge in [0.05, 0.1) is 12.8 Å². The molecule has 176 valence electrons. The van der Waals surface area contributed by atoms with Gasteiger partial charge in [-0.3, -0.25) is 9.79 Å². The Labute approximate surface area is 206 Å². The van der Waals surface area contributed by atoms with Crippen LogP contribution in [0.15, 0.2) is 93.8 Å². The van der Waals surface area contributed by atoms with Crippen LogP contribution in [-0.4, -0.2) is 27.9 Å². The molecule has 35 heavy (non-hydrogen) atoms. The Kier molecular flexibility index (Phi) is 7.32. The highest BCUT2D eigenvalue weighted by atomic mass is 35.5. The quantitative estimate of drug-likeness (QED) is 0.178. The fraction of sp³-hybridized carbons (Fsp3) is 0.115. The van der Waals surface area contributed by atoms with Gasteiger partial charge in [-0.05, 0) is 42.3 Å². The number of benzene rings is 3. The Bertz CT molecular complexity index is 1440. The number of ketones is 1. The summed E-state index contributed by atoms with van der Waals surface area (Å²) in [6, 6.07) is 23.1. The average molecular weight is 488 g/mol. The molecule has 0 amide bonds. The minimum absolute atomic E-state index is 0.0993. The molecule has 8 nitrogen and oxygen atoms in total. The second-order valence-corrected chi connectivity index (χ2v) is 8.28. The summed E-state index contributed by atoms with van der Waals surface area (Å²) >= 11 is 5.91. The van der Waals surface area contributed by atoms with Crippen LogP contribution in [0.5, 0.6) is 0 Å². The highest BCUT2D eigenvalue weighted by Crippen LogP contribution is 2.10. The topological polar surface area (TPSA) is 107 Å². The lowest BCUT2D eigenvalue weighted by molar-refractivity contribution is -0.745. The molecule has 1 aromatic heterocycles. The zero-order valence-corrected chi connectivity index (χ0v) is 19.6. The minimum Gasteiger partial charge on any atom is -0.856 e. The number of nitrogens with zero attached hydrogens (tertiary/aromatic N) is 4. The smallest absolute Gasteiger partial charge is 0.427 e. The Balaban J connectivity index is 1.68. The molecule has 0 aliphatic heterocycles. The molecule has 0 bridgehead atoms. The van der Waals surface area contributed by atoms with E-state index in [1.54, 1.807) is 24.3 Å². The van der Waals surface area contributed by atoms with Crippen molar-refractivity contribution in [2.75, 3.05) is 0 Å². The first-order valence-corrected chi connectivity index (χ1v) is 11.2. The first-order chi connectivity index (χ1) is 16.9. The van der Waals surface area contributed by atoms with Crippen molar-refractivity contribution in [1.29, 1.82) is 0 Å². The molecule has 0 unspecified atom stereocenters. The second-order valence-electron chi connectivity index (χ2n) is 7.84. The summed E-state index contributed by atoms with van der Waals surface area (Å²) in [4.78, 5) is 30.9.